The molecule has 0 amide bonds. The smallest absolute Gasteiger partial charge is 0.354 e. The maximum atomic E-state index is 11.4. The normalized spacial score (nSPS) is 11.1. The van der Waals surface area contributed by atoms with Crippen molar-refractivity contribution in [2.75, 3.05) is 0 Å². The first-order valence-corrected chi connectivity index (χ1v) is 6.23. The minimum atomic E-state index is -1.04. The second-order valence-corrected chi connectivity index (χ2v) is 4.42. The lowest BCUT2D eigenvalue weighted by atomic mass is 10.2. The molecule has 3 aromatic rings. The van der Waals surface area contributed by atoms with E-state index in [0.29, 0.717) is 17.9 Å². The molecule has 3 rings (SSSR count). The number of aromatic nitrogens is 5. The fourth-order valence-corrected chi connectivity index (χ4v) is 2.17. The Morgan fingerprint density at radius 3 is 2.90 bits per heavy atom. The number of carbonyl (C=O) groups is 1. The summed E-state index contributed by atoms with van der Waals surface area (Å²) in [4.78, 5) is 15.9. The number of carboxylic acids is 1. The molecule has 0 atom stereocenters. The van der Waals surface area contributed by atoms with Gasteiger partial charge < -0.3 is 5.11 Å². The molecule has 3 heterocycles. The summed E-state index contributed by atoms with van der Waals surface area (Å²) in [6.45, 7) is 4.46. The molecule has 0 aliphatic carbocycles. The molecule has 0 bridgehead atoms. The monoisotopic (exact) mass is 271 g/mol. The van der Waals surface area contributed by atoms with Gasteiger partial charge in [0, 0.05) is 18.8 Å². The van der Waals surface area contributed by atoms with Crippen LogP contribution >= 0.6 is 0 Å². The Bertz CT molecular complexity index is 802. The Hall–Kier alpha value is -2.70. The van der Waals surface area contributed by atoms with Crippen LogP contribution in [0, 0.1) is 6.92 Å². The van der Waals surface area contributed by atoms with Crippen molar-refractivity contribution in [3.8, 4) is 11.4 Å². The Labute approximate surface area is 114 Å². The van der Waals surface area contributed by atoms with Gasteiger partial charge in [0.25, 0.3) is 0 Å². The predicted molar refractivity (Wildman–Crippen MR) is 71.6 cm³/mol. The molecule has 0 radical (unpaired) electrons. The number of aryl methyl sites for hydroxylation is 2. The van der Waals surface area contributed by atoms with E-state index >= 15 is 0 Å². The van der Waals surface area contributed by atoms with Crippen LogP contribution in [0.3, 0.4) is 0 Å². The van der Waals surface area contributed by atoms with Crippen molar-refractivity contribution in [1.82, 2.24) is 24.4 Å². The van der Waals surface area contributed by atoms with E-state index in [0.717, 1.165) is 11.4 Å². The summed E-state index contributed by atoms with van der Waals surface area (Å²) in [6.07, 6.45) is 1.67. The van der Waals surface area contributed by atoms with Gasteiger partial charge in [0.05, 0.1) is 17.1 Å². The highest BCUT2D eigenvalue weighted by molar-refractivity contribution is 5.87. The highest BCUT2D eigenvalue weighted by Crippen LogP contribution is 2.20. The zero-order valence-electron chi connectivity index (χ0n) is 11.1. The van der Waals surface area contributed by atoms with Crippen molar-refractivity contribution in [3.63, 3.8) is 0 Å². The molecule has 0 aromatic carbocycles. The molecule has 0 saturated carbocycles. The summed E-state index contributed by atoms with van der Waals surface area (Å²) in [6, 6.07) is 5.09. The van der Waals surface area contributed by atoms with Crippen molar-refractivity contribution in [2.24, 2.45) is 0 Å². The van der Waals surface area contributed by atoms with E-state index in [1.54, 1.807) is 23.9 Å². The molecule has 0 unspecified atom stereocenters. The number of hydrogen-bond donors (Lipinski definition) is 1. The lowest BCUT2D eigenvalue weighted by Crippen LogP contribution is -2.09. The summed E-state index contributed by atoms with van der Waals surface area (Å²) in [5.41, 5.74) is 2.69. The Kier molecular flexibility index (Phi) is 2.74. The number of hydrogen-bond acceptors (Lipinski definition) is 4. The molecule has 0 saturated heterocycles. The SMILES string of the molecule is CCn1nccc1-c1cc(C(=O)O)n2nc(C)cc2n1. The van der Waals surface area contributed by atoms with Crippen LogP contribution < -0.4 is 0 Å². The molecule has 20 heavy (non-hydrogen) atoms. The van der Waals surface area contributed by atoms with Crippen molar-refractivity contribution < 1.29 is 9.90 Å². The first kappa shape index (κ1) is 12.3. The fraction of sp³-hybridized carbons (Fsp3) is 0.231. The zero-order valence-corrected chi connectivity index (χ0v) is 11.1. The van der Waals surface area contributed by atoms with E-state index in [4.69, 9.17) is 0 Å². The van der Waals surface area contributed by atoms with E-state index in [2.05, 4.69) is 15.2 Å². The molecular weight excluding hydrogens is 258 g/mol. The molecule has 0 spiro atoms. The third-order valence-electron chi connectivity index (χ3n) is 3.05. The van der Waals surface area contributed by atoms with Crippen LogP contribution in [0.5, 0.6) is 0 Å². The Balaban J connectivity index is 2.29. The van der Waals surface area contributed by atoms with Crippen LogP contribution in [0.15, 0.2) is 24.4 Å². The molecule has 7 nitrogen and oxygen atoms in total. The van der Waals surface area contributed by atoms with Gasteiger partial charge in [-0.15, -0.1) is 0 Å². The van der Waals surface area contributed by atoms with Gasteiger partial charge in [-0.05, 0) is 26.0 Å². The minimum Gasteiger partial charge on any atom is -0.477 e. The number of aromatic carboxylic acids is 1. The van der Waals surface area contributed by atoms with Gasteiger partial charge in [0.2, 0.25) is 0 Å². The molecule has 0 aliphatic heterocycles. The number of carboxylic acid groups (broad SMARTS) is 1. The van der Waals surface area contributed by atoms with Gasteiger partial charge in [-0.2, -0.15) is 10.2 Å². The average Bonchev–Trinajstić information content (AvgIpc) is 3.01. The second-order valence-electron chi connectivity index (χ2n) is 4.42. The molecule has 3 aromatic heterocycles. The first-order chi connectivity index (χ1) is 9.60. The fourth-order valence-electron chi connectivity index (χ4n) is 2.17. The lowest BCUT2D eigenvalue weighted by molar-refractivity contribution is 0.0687. The third kappa shape index (κ3) is 1.83. The third-order valence-corrected chi connectivity index (χ3v) is 3.05. The van der Waals surface area contributed by atoms with Crippen LogP contribution in [-0.4, -0.2) is 35.5 Å². The first-order valence-electron chi connectivity index (χ1n) is 6.23. The molecule has 1 N–H and O–H groups in total. The summed E-state index contributed by atoms with van der Waals surface area (Å²) in [7, 11) is 0. The number of nitrogens with zero attached hydrogens (tertiary/aromatic N) is 5. The molecule has 7 heteroatoms. The highest BCUT2D eigenvalue weighted by atomic mass is 16.4. The summed E-state index contributed by atoms with van der Waals surface area (Å²) in [5, 5.41) is 17.7. The number of rotatable bonds is 3. The van der Waals surface area contributed by atoms with Crippen LogP contribution in [0.2, 0.25) is 0 Å². The summed E-state index contributed by atoms with van der Waals surface area (Å²) in [5.74, 6) is -1.04. The highest BCUT2D eigenvalue weighted by Gasteiger charge is 2.16. The van der Waals surface area contributed by atoms with E-state index in [-0.39, 0.29) is 5.69 Å². The average molecular weight is 271 g/mol. The molecule has 0 aliphatic rings. The molecule has 102 valence electrons. The van der Waals surface area contributed by atoms with Gasteiger partial charge >= 0.3 is 5.97 Å². The molecular formula is C13H13N5O2. The predicted octanol–water partition coefficient (Wildman–Crippen LogP) is 1.62. The summed E-state index contributed by atoms with van der Waals surface area (Å²) < 4.78 is 3.11. The van der Waals surface area contributed by atoms with Crippen LogP contribution in [0.25, 0.3) is 17.0 Å². The minimum absolute atomic E-state index is 0.0851. The van der Waals surface area contributed by atoms with Gasteiger partial charge in [-0.3, -0.25) is 4.68 Å². The lowest BCUT2D eigenvalue weighted by Gasteiger charge is -2.06. The largest absolute Gasteiger partial charge is 0.477 e. The maximum Gasteiger partial charge on any atom is 0.354 e. The number of fused-ring (bicyclic) bond motifs is 1. The standard InChI is InChI=1S/C13H13N5O2/c1-3-17-10(4-5-14-17)9-7-11(13(19)20)18-12(15-9)6-8(2)16-18/h4-7H,3H2,1-2H3,(H,19,20). The van der Waals surface area contributed by atoms with Crippen molar-refractivity contribution >= 4 is 11.6 Å². The van der Waals surface area contributed by atoms with E-state index in [1.807, 2.05) is 13.0 Å². The summed E-state index contributed by atoms with van der Waals surface area (Å²) >= 11 is 0. The van der Waals surface area contributed by atoms with E-state index in [1.165, 1.54) is 10.6 Å². The van der Waals surface area contributed by atoms with Crippen LogP contribution in [-0.2, 0) is 6.54 Å². The van der Waals surface area contributed by atoms with Gasteiger partial charge in [-0.25, -0.2) is 14.3 Å². The molecule has 0 fully saturated rings. The van der Waals surface area contributed by atoms with E-state index in [9.17, 15) is 9.90 Å². The quantitative estimate of drug-likeness (QED) is 0.782. The van der Waals surface area contributed by atoms with E-state index < -0.39 is 5.97 Å². The van der Waals surface area contributed by atoms with Crippen molar-refractivity contribution in [2.45, 2.75) is 20.4 Å². The zero-order chi connectivity index (χ0) is 14.3. The van der Waals surface area contributed by atoms with Gasteiger partial charge in [0.15, 0.2) is 11.3 Å². The second kappa shape index (κ2) is 4.44. The topological polar surface area (TPSA) is 85.3 Å². The van der Waals surface area contributed by atoms with Gasteiger partial charge in [0.1, 0.15) is 0 Å². The van der Waals surface area contributed by atoms with Crippen molar-refractivity contribution in [3.05, 3.63) is 35.8 Å². The Morgan fingerprint density at radius 1 is 1.40 bits per heavy atom. The van der Waals surface area contributed by atoms with Crippen LogP contribution in [0.4, 0.5) is 0 Å². The maximum absolute atomic E-state index is 11.4. The van der Waals surface area contributed by atoms with Crippen molar-refractivity contribution in [1.29, 1.82) is 0 Å². The van der Waals surface area contributed by atoms with Crippen LogP contribution in [0.1, 0.15) is 23.1 Å². The van der Waals surface area contributed by atoms with Gasteiger partial charge in [-0.1, -0.05) is 0 Å². The Morgan fingerprint density at radius 2 is 2.20 bits per heavy atom.